The second kappa shape index (κ2) is 7.51. The molecule has 0 bridgehead atoms. The van der Waals surface area contributed by atoms with Gasteiger partial charge >= 0.3 is 0 Å². The Morgan fingerprint density at radius 1 is 1.12 bits per heavy atom. The molecule has 2 aliphatic heterocycles. The zero-order valence-electron chi connectivity index (χ0n) is 15.8. The molecule has 2 aliphatic rings. The summed E-state index contributed by atoms with van der Waals surface area (Å²) in [6.07, 6.45) is 8.82. The third-order valence-electron chi connectivity index (χ3n) is 5.69. The summed E-state index contributed by atoms with van der Waals surface area (Å²) < 4.78 is 1.94. The minimum absolute atomic E-state index is 0.552. The third-order valence-corrected chi connectivity index (χ3v) is 5.69. The second-order valence-electron chi connectivity index (χ2n) is 8.15. The normalized spacial score (nSPS) is 25.0. The molecule has 0 aliphatic carbocycles. The number of hydrogen-bond acceptors (Lipinski definition) is 4. The van der Waals surface area contributed by atoms with Gasteiger partial charge in [-0.3, -0.25) is 4.90 Å². The van der Waals surface area contributed by atoms with E-state index in [9.17, 15) is 5.11 Å². The van der Waals surface area contributed by atoms with Gasteiger partial charge in [-0.25, -0.2) is 4.68 Å². The lowest BCUT2D eigenvalue weighted by Crippen LogP contribution is -2.46. The van der Waals surface area contributed by atoms with E-state index in [0.29, 0.717) is 0 Å². The van der Waals surface area contributed by atoms with Crippen molar-refractivity contribution in [2.24, 2.45) is 0 Å². The SMILES string of the molecule is Cc1cccc(-n2cc(CN3CC[C@@](O)(CN4CCCCC4)C3)cn2)c1. The molecular formula is C21H30N4O. The maximum atomic E-state index is 11.0. The monoisotopic (exact) mass is 354 g/mol. The Labute approximate surface area is 156 Å². The summed E-state index contributed by atoms with van der Waals surface area (Å²) in [4.78, 5) is 4.81. The van der Waals surface area contributed by atoms with Crippen LogP contribution in [0.1, 0.15) is 36.8 Å². The van der Waals surface area contributed by atoms with Crippen molar-refractivity contribution in [2.45, 2.75) is 44.8 Å². The van der Waals surface area contributed by atoms with E-state index in [1.54, 1.807) is 0 Å². The molecule has 0 saturated carbocycles. The van der Waals surface area contributed by atoms with Crippen LogP contribution < -0.4 is 0 Å². The standard InChI is InChI=1S/C21H30N4O/c1-18-6-5-7-20(12-18)25-15-19(13-22-25)14-24-11-8-21(26,17-24)16-23-9-3-2-4-10-23/h5-7,12-13,15,26H,2-4,8-11,14,16-17H2,1H3/t21-/m1/s1. The van der Waals surface area contributed by atoms with Gasteiger partial charge in [0.05, 0.1) is 17.5 Å². The zero-order chi connectivity index (χ0) is 18.0. The van der Waals surface area contributed by atoms with Crippen LogP contribution in [0.4, 0.5) is 0 Å². The topological polar surface area (TPSA) is 44.5 Å². The highest BCUT2D eigenvalue weighted by Gasteiger charge is 2.37. The maximum Gasteiger partial charge on any atom is 0.0912 e. The number of piperidine rings is 1. The molecule has 3 heterocycles. The molecule has 0 radical (unpaired) electrons. The first-order chi connectivity index (χ1) is 12.6. The first kappa shape index (κ1) is 17.7. The van der Waals surface area contributed by atoms with E-state index in [0.717, 1.165) is 51.4 Å². The molecule has 1 N–H and O–H groups in total. The highest BCUT2D eigenvalue weighted by molar-refractivity contribution is 5.35. The van der Waals surface area contributed by atoms with E-state index < -0.39 is 5.60 Å². The number of likely N-dealkylation sites (tertiary alicyclic amines) is 2. The predicted molar refractivity (Wildman–Crippen MR) is 103 cm³/mol. The van der Waals surface area contributed by atoms with Crippen LogP contribution in [0.2, 0.25) is 0 Å². The Hall–Kier alpha value is -1.69. The highest BCUT2D eigenvalue weighted by Crippen LogP contribution is 2.25. The fourth-order valence-corrected chi connectivity index (χ4v) is 4.35. The van der Waals surface area contributed by atoms with E-state index >= 15 is 0 Å². The molecule has 5 nitrogen and oxygen atoms in total. The summed E-state index contributed by atoms with van der Waals surface area (Å²) in [7, 11) is 0. The smallest absolute Gasteiger partial charge is 0.0912 e. The van der Waals surface area contributed by atoms with Crippen LogP contribution in [0.5, 0.6) is 0 Å². The van der Waals surface area contributed by atoms with E-state index in [1.165, 1.54) is 30.4 Å². The molecule has 140 valence electrons. The lowest BCUT2D eigenvalue weighted by molar-refractivity contribution is 0.00635. The van der Waals surface area contributed by atoms with Crippen molar-refractivity contribution in [1.29, 1.82) is 0 Å². The Morgan fingerprint density at radius 2 is 1.96 bits per heavy atom. The maximum absolute atomic E-state index is 11.0. The number of aliphatic hydroxyl groups is 1. The fraction of sp³-hybridized carbons (Fsp3) is 0.571. The lowest BCUT2D eigenvalue weighted by Gasteiger charge is -2.33. The molecule has 0 spiro atoms. The summed E-state index contributed by atoms with van der Waals surface area (Å²) in [5.41, 5.74) is 2.99. The minimum atomic E-state index is -0.552. The summed E-state index contributed by atoms with van der Waals surface area (Å²) in [6, 6.07) is 8.38. The van der Waals surface area contributed by atoms with Crippen LogP contribution in [0.3, 0.4) is 0 Å². The van der Waals surface area contributed by atoms with Gasteiger partial charge in [-0.2, -0.15) is 5.10 Å². The van der Waals surface area contributed by atoms with E-state index in [2.05, 4.69) is 52.3 Å². The molecular weight excluding hydrogens is 324 g/mol. The van der Waals surface area contributed by atoms with E-state index in [4.69, 9.17) is 0 Å². The van der Waals surface area contributed by atoms with Gasteiger partial charge in [-0.05, 0) is 57.0 Å². The van der Waals surface area contributed by atoms with Crippen molar-refractivity contribution >= 4 is 0 Å². The third kappa shape index (κ3) is 4.17. The molecule has 5 heteroatoms. The fourth-order valence-electron chi connectivity index (χ4n) is 4.35. The van der Waals surface area contributed by atoms with Crippen LogP contribution in [-0.2, 0) is 6.54 Å². The Balaban J connectivity index is 1.35. The summed E-state index contributed by atoms with van der Waals surface area (Å²) >= 11 is 0. The van der Waals surface area contributed by atoms with Crippen molar-refractivity contribution in [3.63, 3.8) is 0 Å². The summed E-state index contributed by atoms with van der Waals surface area (Å²) in [5.74, 6) is 0. The number of benzene rings is 1. The number of aryl methyl sites for hydroxylation is 1. The number of hydrogen-bond donors (Lipinski definition) is 1. The van der Waals surface area contributed by atoms with Gasteiger partial charge in [0.1, 0.15) is 0 Å². The van der Waals surface area contributed by atoms with E-state index in [1.807, 2.05) is 10.9 Å². The van der Waals surface area contributed by atoms with E-state index in [-0.39, 0.29) is 0 Å². The lowest BCUT2D eigenvalue weighted by atomic mass is 10.0. The summed E-state index contributed by atoms with van der Waals surface area (Å²) in [6.45, 7) is 7.79. The Morgan fingerprint density at radius 3 is 2.77 bits per heavy atom. The van der Waals surface area contributed by atoms with Crippen LogP contribution in [0, 0.1) is 6.92 Å². The van der Waals surface area contributed by atoms with Gasteiger partial charge in [0, 0.05) is 37.9 Å². The molecule has 1 aromatic carbocycles. The summed E-state index contributed by atoms with van der Waals surface area (Å²) in [5, 5.41) is 15.5. The van der Waals surface area contributed by atoms with Crippen molar-refractivity contribution in [3.8, 4) is 5.69 Å². The van der Waals surface area contributed by atoms with Gasteiger partial charge < -0.3 is 10.0 Å². The van der Waals surface area contributed by atoms with Crippen LogP contribution in [-0.4, -0.2) is 63.0 Å². The van der Waals surface area contributed by atoms with Crippen LogP contribution in [0.15, 0.2) is 36.7 Å². The number of nitrogens with zero attached hydrogens (tertiary/aromatic N) is 4. The van der Waals surface area contributed by atoms with Gasteiger partial charge in [-0.15, -0.1) is 0 Å². The molecule has 0 unspecified atom stereocenters. The zero-order valence-corrected chi connectivity index (χ0v) is 15.8. The first-order valence-corrected chi connectivity index (χ1v) is 9.87. The molecule has 4 rings (SSSR count). The van der Waals surface area contributed by atoms with Crippen molar-refractivity contribution in [1.82, 2.24) is 19.6 Å². The van der Waals surface area contributed by atoms with Crippen molar-refractivity contribution in [2.75, 3.05) is 32.7 Å². The van der Waals surface area contributed by atoms with Crippen LogP contribution >= 0.6 is 0 Å². The molecule has 1 atom stereocenters. The molecule has 26 heavy (non-hydrogen) atoms. The first-order valence-electron chi connectivity index (χ1n) is 9.87. The minimum Gasteiger partial charge on any atom is -0.387 e. The second-order valence-corrected chi connectivity index (χ2v) is 8.15. The number of aromatic nitrogens is 2. The largest absolute Gasteiger partial charge is 0.387 e. The quantitative estimate of drug-likeness (QED) is 0.896. The number of rotatable bonds is 5. The van der Waals surface area contributed by atoms with Gasteiger partial charge in [-0.1, -0.05) is 18.6 Å². The predicted octanol–water partition coefficient (Wildman–Crippen LogP) is 2.60. The average Bonchev–Trinajstić information content (AvgIpc) is 3.23. The Bertz CT molecular complexity index is 737. The Kier molecular flexibility index (Phi) is 5.11. The molecule has 2 fully saturated rings. The number of β-amino-alcohol motifs (C(OH)–C–C–N with tert-alkyl or cyclic N) is 1. The van der Waals surface area contributed by atoms with Gasteiger partial charge in [0.2, 0.25) is 0 Å². The average molecular weight is 354 g/mol. The molecule has 1 aromatic heterocycles. The molecule has 2 saturated heterocycles. The van der Waals surface area contributed by atoms with Crippen LogP contribution in [0.25, 0.3) is 5.69 Å². The van der Waals surface area contributed by atoms with Gasteiger partial charge in [0.25, 0.3) is 0 Å². The highest BCUT2D eigenvalue weighted by atomic mass is 16.3. The van der Waals surface area contributed by atoms with Crippen molar-refractivity contribution in [3.05, 3.63) is 47.8 Å². The molecule has 0 amide bonds. The van der Waals surface area contributed by atoms with Gasteiger partial charge in [0.15, 0.2) is 0 Å². The molecule has 2 aromatic rings. The van der Waals surface area contributed by atoms with Crippen molar-refractivity contribution < 1.29 is 5.11 Å².